The summed E-state index contributed by atoms with van der Waals surface area (Å²) in [5.41, 5.74) is 6.65. The Morgan fingerprint density at radius 3 is 2.90 bits per heavy atom. The van der Waals surface area contributed by atoms with Gasteiger partial charge in [0.2, 0.25) is 5.95 Å². The number of anilines is 2. The van der Waals surface area contributed by atoms with E-state index in [2.05, 4.69) is 27.2 Å². The molecule has 1 atom stereocenters. The molecule has 0 aliphatic rings. The maximum atomic E-state index is 9.66. The Kier molecular flexibility index (Phi) is 4.34. The van der Waals surface area contributed by atoms with Crippen molar-refractivity contribution in [3.05, 3.63) is 18.3 Å². The van der Waals surface area contributed by atoms with Crippen LogP contribution in [0.2, 0.25) is 0 Å². The Morgan fingerprint density at radius 1 is 1.40 bits per heavy atom. The van der Waals surface area contributed by atoms with E-state index in [9.17, 15) is 5.11 Å². The summed E-state index contributed by atoms with van der Waals surface area (Å²) in [6.07, 6.45) is 4.63. The Labute approximate surface area is 118 Å². The van der Waals surface area contributed by atoms with Crippen molar-refractivity contribution in [1.82, 2.24) is 15.0 Å². The van der Waals surface area contributed by atoms with E-state index in [-0.39, 0.29) is 12.6 Å². The van der Waals surface area contributed by atoms with Gasteiger partial charge in [-0.15, -0.1) is 0 Å². The lowest BCUT2D eigenvalue weighted by Crippen LogP contribution is -2.39. The summed E-state index contributed by atoms with van der Waals surface area (Å²) >= 11 is 0. The smallest absolute Gasteiger partial charge is 0.222 e. The third-order valence-electron chi connectivity index (χ3n) is 3.32. The molecule has 108 valence electrons. The number of aliphatic hydroxyl groups excluding tert-OH is 1. The molecule has 0 unspecified atom stereocenters. The van der Waals surface area contributed by atoms with Gasteiger partial charge >= 0.3 is 0 Å². The van der Waals surface area contributed by atoms with Crippen LogP contribution in [0.3, 0.4) is 0 Å². The van der Waals surface area contributed by atoms with Gasteiger partial charge in [0.05, 0.1) is 17.7 Å². The molecule has 0 saturated carbocycles. The van der Waals surface area contributed by atoms with Gasteiger partial charge in [0.25, 0.3) is 0 Å². The molecule has 0 radical (unpaired) electrons. The molecule has 2 heterocycles. The van der Waals surface area contributed by atoms with Gasteiger partial charge in [-0.05, 0) is 25.5 Å². The summed E-state index contributed by atoms with van der Waals surface area (Å²) in [4.78, 5) is 12.7. The number of nitrogens with one attached hydrogen (secondary N) is 1. The number of fused-ring (bicyclic) bond motifs is 1. The minimum absolute atomic E-state index is 0.0191. The fraction of sp³-hybridized carbons (Fsp3) is 0.500. The second-order valence-corrected chi connectivity index (χ2v) is 5.25. The van der Waals surface area contributed by atoms with Crippen molar-refractivity contribution in [3.63, 3.8) is 0 Å². The van der Waals surface area contributed by atoms with E-state index in [1.165, 1.54) is 0 Å². The van der Waals surface area contributed by atoms with Crippen LogP contribution < -0.4 is 11.1 Å². The molecule has 20 heavy (non-hydrogen) atoms. The molecule has 0 saturated heterocycles. The SMILES string of the molecule is CCCC[C@@](C)(CO)Nc1nc(N)nc2cccnc12. The van der Waals surface area contributed by atoms with Crippen molar-refractivity contribution in [2.24, 2.45) is 0 Å². The first-order valence-corrected chi connectivity index (χ1v) is 6.85. The van der Waals surface area contributed by atoms with Crippen LogP contribution in [0.25, 0.3) is 11.0 Å². The van der Waals surface area contributed by atoms with Crippen molar-refractivity contribution in [3.8, 4) is 0 Å². The van der Waals surface area contributed by atoms with E-state index >= 15 is 0 Å². The van der Waals surface area contributed by atoms with E-state index in [1.54, 1.807) is 12.3 Å². The highest BCUT2D eigenvalue weighted by Crippen LogP contribution is 2.24. The van der Waals surface area contributed by atoms with Gasteiger partial charge in [-0.3, -0.25) is 4.98 Å². The third kappa shape index (κ3) is 3.14. The number of aliphatic hydroxyl groups is 1. The first kappa shape index (κ1) is 14.5. The molecule has 4 N–H and O–H groups in total. The van der Waals surface area contributed by atoms with Crippen molar-refractivity contribution < 1.29 is 5.11 Å². The Balaban J connectivity index is 2.36. The summed E-state index contributed by atoms with van der Waals surface area (Å²) < 4.78 is 0. The average molecular weight is 275 g/mol. The van der Waals surface area contributed by atoms with Crippen LogP contribution in [0.1, 0.15) is 33.1 Å². The second kappa shape index (κ2) is 6.00. The first-order chi connectivity index (χ1) is 9.58. The summed E-state index contributed by atoms with van der Waals surface area (Å²) in [7, 11) is 0. The lowest BCUT2D eigenvalue weighted by Gasteiger charge is -2.29. The van der Waals surface area contributed by atoms with Crippen LogP contribution >= 0.6 is 0 Å². The number of unbranched alkanes of at least 4 members (excludes halogenated alkanes) is 1. The molecule has 6 heteroatoms. The van der Waals surface area contributed by atoms with Crippen molar-refractivity contribution >= 4 is 22.8 Å². The summed E-state index contributed by atoms with van der Waals surface area (Å²) in [6.45, 7) is 4.11. The Morgan fingerprint density at radius 2 is 2.20 bits per heavy atom. The van der Waals surface area contributed by atoms with Crippen LogP contribution in [-0.4, -0.2) is 32.2 Å². The fourth-order valence-electron chi connectivity index (χ4n) is 2.11. The maximum absolute atomic E-state index is 9.66. The normalized spacial score (nSPS) is 14.2. The van der Waals surface area contributed by atoms with E-state index in [0.717, 1.165) is 19.3 Å². The van der Waals surface area contributed by atoms with Crippen LogP contribution in [0.4, 0.5) is 11.8 Å². The molecule has 2 aromatic heterocycles. The Hall–Kier alpha value is -1.95. The molecule has 0 spiro atoms. The minimum atomic E-state index is -0.443. The molecule has 0 aromatic carbocycles. The predicted octanol–water partition coefficient (Wildman–Crippen LogP) is 1.96. The van der Waals surface area contributed by atoms with E-state index in [0.29, 0.717) is 16.9 Å². The highest BCUT2D eigenvalue weighted by Gasteiger charge is 2.24. The standard InChI is InChI=1S/C14H21N5O/c1-3-4-7-14(2,9-20)19-12-11-10(6-5-8-16-11)17-13(15)18-12/h5-6,8,20H,3-4,7,9H2,1-2H3,(H3,15,17,18,19)/t14-/m0/s1. The lowest BCUT2D eigenvalue weighted by molar-refractivity contribution is 0.212. The minimum Gasteiger partial charge on any atom is -0.394 e. The zero-order valence-electron chi connectivity index (χ0n) is 11.9. The topological polar surface area (TPSA) is 97.0 Å². The van der Waals surface area contributed by atoms with Gasteiger partial charge in [0.15, 0.2) is 5.82 Å². The number of aromatic nitrogens is 3. The number of nitrogen functional groups attached to an aromatic ring is 1. The largest absolute Gasteiger partial charge is 0.394 e. The summed E-state index contributed by atoms with van der Waals surface area (Å²) in [5, 5.41) is 12.9. The van der Waals surface area contributed by atoms with E-state index in [4.69, 9.17) is 5.73 Å². The molecule has 0 amide bonds. The molecule has 2 aromatic rings. The van der Waals surface area contributed by atoms with Gasteiger partial charge in [0, 0.05) is 6.20 Å². The van der Waals surface area contributed by atoms with E-state index in [1.807, 2.05) is 13.0 Å². The number of nitrogens with two attached hydrogens (primary N) is 1. The van der Waals surface area contributed by atoms with Crippen LogP contribution in [0, 0.1) is 0 Å². The molecule has 2 rings (SSSR count). The number of hydrogen-bond acceptors (Lipinski definition) is 6. The van der Waals surface area contributed by atoms with Crippen molar-refractivity contribution in [2.75, 3.05) is 17.7 Å². The Bertz CT molecular complexity index is 589. The van der Waals surface area contributed by atoms with Crippen LogP contribution in [-0.2, 0) is 0 Å². The number of rotatable bonds is 6. The average Bonchev–Trinajstić information content (AvgIpc) is 2.45. The van der Waals surface area contributed by atoms with Gasteiger partial charge in [-0.25, -0.2) is 4.98 Å². The quantitative estimate of drug-likeness (QED) is 0.745. The predicted molar refractivity (Wildman–Crippen MR) is 80.4 cm³/mol. The van der Waals surface area contributed by atoms with Crippen LogP contribution in [0.15, 0.2) is 18.3 Å². The van der Waals surface area contributed by atoms with Crippen molar-refractivity contribution in [2.45, 2.75) is 38.6 Å². The monoisotopic (exact) mass is 275 g/mol. The number of nitrogens with zero attached hydrogens (tertiary/aromatic N) is 3. The fourth-order valence-corrected chi connectivity index (χ4v) is 2.11. The molecule has 0 aliphatic heterocycles. The molecule has 0 fully saturated rings. The number of hydrogen-bond donors (Lipinski definition) is 3. The van der Waals surface area contributed by atoms with Gasteiger partial charge in [-0.1, -0.05) is 19.8 Å². The van der Waals surface area contributed by atoms with E-state index < -0.39 is 5.54 Å². The third-order valence-corrected chi connectivity index (χ3v) is 3.32. The highest BCUT2D eigenvalue weighted by molar-refractivity contribution is 5.86. The zero-order chi connectivity index (χ0) is 14.6. The summed E-state index contributed by atoms with van der Waals surface area (Å²) in [5.74, 6) is 0.768. The van der Waals surface area contributed by atoms with Gasteiger partial charge in [-0.2, -0.15) is 4.98 Å². The molecular formula is C14H21N5O. The highest BCUT2D eigenvalue weighted by atomic mass is 16.3. The van der Waals surface area contributed by atoms with Crippen molar-refractivity contribution in [1.29, 1.82) is 0 Å². The molecule has 0 aliphatic carbocycles. The lowest BCUT2D eigenvalue weighted by atomic mass is 9.96. The van der Waals surface area contributed by atoms with Gasteiger partial charge < -0.3 is 16.2 Å². The molecule has 6 nitrogen and oxygen atoms in total. The second-order valence-electron chi connectivity index (χ2n) is 5.25. The summed E-state index contributed by atoms with van der Waals surface area (Å²) in [6, 6.07) is 3.65. The molecular weight excluding hydrogens is 254 g/mol. The molecule has 0 bridgehead atoms. The number of pyridine rings is 1. The van der Waals surface area contributed by atoms with Gasteiger partial charge in [0.1, 0.15) is 5.52 Å². The maximum Gasteiger partial charge on any atom is 0.222 e. The first-order valence-electron chi connectivity index (χ1n) is 6.85. The zero-order valence-corrected chi connectivity index (χ0v) is 11.9. The van der Waals surface area contributed by atoms with Crippen LogP contribution in [0.5, 0.6) is 0 Å².